The lowest BCUT2D eigenvalue weighted by Crippen LogP contribution is -2.44. The van der Waals surface area contributed by atoms with E-state index < -0.39 is 16.1 Å². The van der Waals surface area contributed by atoms with Crippen molar-refractivity contribution in [1.29, 1.82) is 0 Å². The Kier molecular flexibility index (Phi) is 7.27. The highest BCUT2D eigenvalue weighted by Gasteiger charge is 2.26. The van der Waals surface area contributed by atoms with Gasteiger partial charge in [-0.05, 0) is 37.0 Å². The Hall–Kier alpha value is -1.35. The monoisotopic (exact) mass is 363 g/mol. The molecule has 1 atom stereocenters. The summed E-state index contributed by atoms with van der Waals surface area (Å²) in [5.74, 6) is -0.172. The lowest BCUT2D eigenvalue weighted by molar-refractivity contribution is -0.119. The molecule has 1 aliphatic rings. The maximum absolute atomic E-state index is 12.2. The van der Waals surface area contributed by atoms with Crippen LogP contribution in [0.5, 0.6) is 0 Å². The van der Waals surface area contributed by atoms with E-state index in [2.05, 4.69) is 10.0 Å². The van der Waals surface area contributed by atoms with Crippen LogP contribution in [-0.2, 0) is 19.6 Å². The maximum atomic E-state index is 12.2. The Morgan fingerprint density at radius 1 is 1.30 bits per heavy atom. The highest BCUT2D eigenvalue weighted by Crippen LogP contribution is 2.20. The van der Waals surface area contributed by atoms with Crippen molar-refractivity contribution in [2.75, 3.05) is 29.5 Å². The molecule has 0 aliphatic carbocycles. The number of carbonyl (C=O) groups excluding carboxylic acids is 1. The van der Waals surface area contributed by atoms with Crippen molar-refractivity contribution in [1.82, 2.24) is 0 Å². The van der Waals surface area contributed by atoms with Crippen molar-refractivity contribution < 1.29 is 17.9 Å². The molecule has 0 radical (unpaired) electrons. The molecular weight excluding hydrogens is 342 g/mol. The van der Waals surface area contributed by atoms with Crippen molar-refractivity contribution in [3.8, 4) is 0 Å². The fraction of sp³-hybridized carbons (Fsp3) is 0.500. The molecule has 1 aliphatic heterocycles. The third kappa shape index (κ3) is 6.34. The highest BCUT2D eigenvalue weighted by molar-refractivity contribution is 7.92. The van der Waals surface area contributed by atoms with Gasteiger partial charge in [0.1, 0.15) is 0 Å². The first kappa shape index (κ1) is 19.7. The van der Waals surface area contributed by atoms with Crippen LogP contribution in [0.3, 0.4) is 0 Å². The van der Waals surface area contributed by atoms with Crippen molar-refractivity contribution >= 4 is 39.7 Å². The van der Waals surface area contributed by atoms with Crippen LogP contribution in [0.2, 0.25) is 0 Å². The van der Waals surface area contributed by atoms with Crippen LogP contribution in [0.25, 0.3) is 0 Å². The quantitative estimate of drug-likeness (QED) is 0.727. The first-order valence-electron chi connectivity index (χ1n) is 7.07. The molecule has 1 unspecified atom stereocenters. The van der Waals surface area contributed by atoms with Gasteiger partial charge in [0.2, 0.25) is 15.9 Å². The van der Waals surface area contributed by atoms with Gasteiger partial charge in [-0.2, -0.15) is 0 Å². The van der Waals surface area contributed by atoms with Gasteiger partial charge in [-0.15, -0.1) is 12.4 Å². The van der Waals surface area contributed by atoms with Gasteiger partial charge >= 0.3 is 0 Å². The molecule has 23 heavy (non-hydrogen) atoms. The maximum Gasteiger partial charge on any atom is 0.241 e. The van der Waals surface area contributed by atoms with E-state index in [-0.39, 0.29) is 24.2 Å². The molecule has 1 heterocycles. The van der Waals surface area contributed by atoms with Crippen molar-refractivity contribution in [3.63, 3.8) is 0 Å². The van der Waals surface area contributed by atoms with Crippen LogP contribution in [-0.4, -0.2) is 39.8 Å². The number of rotatable bonds is 5. The Bertz CT molecular complexity index is 633. The van der Waals surface area contributed by atoms with Gasteiger partial charge in [0.25, 0.3) is 0 Å². The van der Waals surface area contributed by atoms with Gasteiger partial charge in [0.05, 0.1) is 18.0 Å². The summed E-state index contributed by atoms with van der Waals surface area (Å²) < 4.78 is 30.1. The molecule has 1 aromatic rings. The number of anilines is 2. The number of halogens is 1. The molecule has 7 nitrogen and oxygen atoms in total. The van der Waals surface area contributed by atoms with E-state index in [9.17, 15) is 13.2 Å². The number of benzene rings is 1. The summed E-state index contributed by atoms with van der Waals surface area (Å²) in [7, 11) is -3.36. The number of sulfonamides is 1. The van der Waals surface area contributed by atoms with Crippen LogP contribution < -0.4 is 15.8 Å². The van der Waals surface area contributed by atoms with Gasteiger partial charge in [-0.3, -0.25) is 9.52 Å². The van der Waals surface area contributed by atoms with Crippen LogP contribution >= 0.6 is 12.4 Å². The summed E-state index contributed by atoms with van der Waals surface area (Å²) >= 11 is 0. The SMILES string of the molecule is CS(=O)(=O)Nc1cccc(NC(=O)C(N)C2CCOCC2)c1.Cl. The number of carbonyl (C=O) groups is 1. The summed E-state index contributed by atoms with van der Waals surface area (Å²) in [6.07, 6.45) is 2.60. The van der Waals surface area contributed by atoms with Gasteiger partial charge in [-0.25, -0.2) is 8.42 Å². The van der Waals surface area contributed by atoms with Gasteiger partial charge in [0, 0.05) is 18.9 Å². The van der Waals surface area contributed by atoms with Gasteiger partial charge < -0.3 is 15.8 Å². The number of hydrogen-bond acceptors (Lipinski definition) is 5. The first-order chi connectivity index (χ1) is 10.3. The minimum absolute atomic E-state index is 0. The molecule has 4 N–H and O–H groups in total. The Labute approximate surface area is 142 Å². The fourth-order valence-electron chi connectivity index (χ4n) is 2.39. The van der Waals surface area contributed by atoms with E-state index in [0.29, 0.717) is 24.6 Å². The molecule has 1 saturated heterocycles. The summed E-state index contributed by atoms with van der Waals surface area (Å²) in [5, 5.41) is 2.73. The molecule has 0 bridgehead atoms. The van der Waals surface area contributed by atoms with E-state index >= 15 is 0 Å². The second kappa shape index (κ2) is 8.49. The zero-order chi connectivity index (χ0) is 16.2. The Morgan fingerprint density at radius 2 is 1.91 bits per heavy atom. The standard InChI is InChI=1S/C14H21N3O4S.ClH/c1-22(19,20)17-12-4-2-3-11(9-12)16-14(18)13(15)10-5-7-21-8-6-10;/h2-4,9-10,13,17H,5-8,15H2,1H3,(H,16,18);1H. The Balaban J connectivity index is 0.00000264. The summed E-state index contributed by atoms with van der Waals surface area (Å²) in [4.78, 5) is 12.2. The molecule has 1 fully saturated rings. The normalized spacial score (nSPS) is 17.0. The number of amides is 1. The largest absolute Gasteiger partial charge is 0.381 e. The smallest absolute Gasteiger partial charge is 0.241 e. The fourth-order valence-corrected chi connectivity index (χ4v) is 2.94. The molecule has 0 spiro atoms. The molecule has 0 saturated carbocycles. The van der Waals surface area contributed by atoms with E-state index in [1.165, 1.54) is 0 Å². The summed E-state index contributed by atoms with van der Waals surface area (Å²) in [6.45, 7) is 1.25. The van der Waals surface area contributed by atoms with Gasteiger partial charge in [0.15, 0.2) is 0 Å². The molecule has 1 amide bonds. The number of nitrogens with two attached hydrogens (primary N) is 1. The molecule has 0 aromatic heterocycles. The number of hydrogen-bond donors (Lipinski definition) is 3. The summed E-state index contributed by atoms with van der Waals surface area (Å²) in [5.41, 5.74) is 6.89. The van der Waals surface area contributed by atoms with Crippen LogP contribution in [0.15, 0.2) is 24.3 Å². The predicted octanol–water partition coefficient (Wildman–Crippen LogP) is 1.17. The van der Waals surface area contributed by atoms with Crippen LogP contribution in [0, 0.1) is 5.92 Å². The molecule has 130 valence electrons. The van der Waals surface area contributed by atoms with Crippen LogP contribution in [0.4, 0.5) is 11.4 Å². The van der Waals surface area contributed by atoms with Gasteiger partial charge in [-0.1, -0.05) is 6.07 Å². The zero-order valence-electron chi connectivity index (χ0n) is 12.8. The van der Waals surface area contributed by atoms with E-state index in [4.69, 9.17) is 10.5 Å². The average Bonchev–Trinajstić information content (AvgIpc) is 2.46. The third-order valence-corrected chi connectivity index (χ3v) is 4.12. The first-order valence-corrected chi connectivity index (χ1v) is 8.96. The topological polar surface area (TPSA) is 111 Å². The molecule has 9 heteroatoms. The lowest BCUT2D eigenvalue weighted by Gasteiger charge is -2.26. The lowest BCUT2D eigenvalue weighted by atomic mass is 9.92. The molecule has 1 aromatic carbocycles. The van der Waals surface area contributed by atoms with Crippen molar-refractivity contribution in [2.45, 2.75) is 18.9 Å². The minimum atomic E-state index is -3.36. The highest BCUT2D eigenvalue weighted by atomic mass is 35.5. The zero-order valence-corrected chi connectivity index (χ0v) is 14.5. The number of ether oxygens (including phenoxy) is 1. The van der Waals surface area contributed by atoms with Crippen molar-refractivity contribution in [2.24, 2.45) is 11.7 Å². The minimum Gasteiger partial charge on any atom is -0.381 e. The molecular formula is C14H22ClN3O4S. The second-order valence-electron chi connectivity index (χ2n) is 5.42. The average molecular weight is 364 g/mol. The molecule has 2 rings (SSSR count). The van der Waals surface area contributed by atoms with E-state index in [1.54, 1.807) is 24.3 Å². The van der Waals surface area contributed by atoms with E-state index in [0.717, 1.165) is 19.1 Å². The van der Waals surface area contributed by atoms with E-state index in [1.807, 2.05) is 0 Å². The third-order valence-electron chi connectivity index (χ3n) is 3.51. The van der Waals surface area contributed by atoms with Crippen LogP contribution in [0.1, 0.15) is 12.8 Å². The summed E-state index contributed by atoms with van der Waals surface area (Å²) in [6, 6.07) is 5.89. The predicted molar refractivity (Wildman–Crippen MR) is 92.3 cm³/mol. The van der Waals surface area contributed by atoms with Crippen molar-refractivity contribution in [3.05, 3.63) is 24.3 Å². The number of nitrogens with one attached hydrogen (secondary N) is 2. The second-order valence-corrected chi connectivity index (χ2v) is 7.17. The Morgan fingerprint density at radius 3 is 2.52 bits per heavy atom.